The number of carbonyl (C=O) groups excluding carboxylic acids is 1. The molecule has 0 radical (unpaired) electrons. The third-order valence-electron chi connectivity index (χ3n) is 17.0. The highest BCUT2D eigenvalue weighted by atomic mass is 127. The van der Waals surface area contributed by atoms with Crippen LogP contribution in [0.1, 0.15) is 126 Å². The Morgan fingerprint density at radius 1 is 0.674 bits per heavy atom. The summed E-state index contributed by atoms with van der Waals surface area (Å²) in [5.41, 5.74) is 16.2. The molecule has 2 heterocycles. The molecule has 5 N–H and O–H groups in total. The molecule has 0 saturated heterocycles. The van der Waals surface area contributed by atoms with Crippen LogP contribution in [0.4, 0.5) is 11.4 Å². The first-order valence-electron chi connectivity index (χ1n) is 30.5. The standard InChI is InChI=1S/C72H85B2N5O6.HI/c1-9-44-78-65-29-17-13-25-61(65)71(5,6)67(78)41-37-56-23-19-24-57(38-42-68-72(7,8)62-26-14-18-30-66(62)79(68)45-10-2)69(56)85-60-39-35-55(36-40-60)49-77(51-59-22-12-16-28-64(59)74(83)84)48-54-33-31-53(32-34-54)47-76(46-20-43-75-70(80)52(3)4)50-58-21-11-15-27-63(58)73(81)82;/h11-18,21-22,25-42,81-84H,3,9-10,19-20,23-24,43-51H2,1-2,4-8H3;1H. The quantitative estimate of drug-likeness (QED) is 0.0120. The minimum absolute atomic E-state index is 0. The van der Waals surface area contributed by atoms with Gasteiger partial charge in [0.05, 0.1) is 5.41 Å². The number of fused-ring (bicyclic) bond motifs is 2. The first kappa shape index (κ1) is 65.4. The van der Waals surface area contributed by atoms with E-state index >= 15 is 0 Å². The average Bonchev–Trinajstić information content (AvgIpc) is 2.56. The van der Waals surface area contributed by atoms with Crippen molar-refractivity contribution in [3.8, 4) is 5.75 Å². The van der Waals surface area contributed by atoms with Crippen molar-refractivity contribution in [2.45, 2.75) is 131 Å². The van der Waals surface area contributed by atoms with Gasteiger partial charge in [-0.25, -0.2) is 0 Å². The summed E-state index contributed by atoms with van der Waals surface area (Å²) in [4.78, 5) is 19.3. The maximum atomic E-state index is 12.2. The molecule has 0 unspecified atom stereocenters. The maximum absolute atomic E-state index is 12.2. The molecule has 3 aliphatic rings. The van der Waals surface area contributed by atoms with Crippen LogP contribution in [0.5, 0.6) is 5.75 Å². The predicted molar refractivity (Wildman–Crippen MR) is 348 cm³/mol. The fourth-order valence-corrected chi connectivity index (χ4v) is 12.6. The first-order chi connectivity index (χ1) is 41.0. The summed E-state index contributed by atoms with van der Waals surface area (Å²) in [5.74, 6) is 1.50. The van der Waals surface area contributed by atoms with Gasteiger partial charge in [-0.15, -0.1) is 0 Å². The van der Waals surface area contributed by atoms with Gasteiger partial charge in [-0.3, -0.25) is 14.6 Å². The fraction of sp³-hybridized carbons (Fsp3) is 0.333. The van der Waals surface area contributed by atoms with Crippen LogP contribution in [-0.4, -0.2) is 86.5 Å². The smallest absolute Gasteiger partial charge is 0.488 e. The predicted octanol–water partition coefficient (Wildman–Crippen LogP) is 8.21. The van der Waals surface area contributed by atoms with E-state index in [0.29, 0.717) is 68.7 Å². The number of rotatable bonds is 26. The number of nitrogens with zero attached hydrogens (tertiary/aromatic N) is 4. The molecule has 1 aliphatic carbocycles. The zero-order chi connectivity index (χ0) is 60.3. The average molecular weight is 1270 g/mol. The van der Waals surface area contributed by atoms with Crippen LogP contribution in [0, 0.1) is 0 Å². The zero-order valence-electron chi connectivity index (χ0n) is 51.4. The second kappa shape index (κ2) is 29.9. The Bertz CT molecular complexity index is 3500. The van der Waals surface area contributed by atoms with E-state index in [1.165, 1.54) is 45.1 Å². The van der Waals surface area contributed by atoms with E-state index in [1.807, 2.05) is 30.3 Å². The van der Waals surface area contributed by atoms with Crippen molar-refractivity contribution in [2.24, 2.45) is 0 Å². The van der Waals surface area contributed by atoms with Crippen LogP contribution in [0.3, 0.4) is 0 Å². The van der Waals surface area contributed by atoms with E-state index in [2.05, 4.69) is 194 Å². The molecular formula is C72H86B2IN5O6. The van der Waals surface area contributed by atoms with E-state index in [0.717, 1.165) is 84.5 Å². The van der Waals surface area contributed by atoms with Crippen LogP contribution < -0.4 is 49.9 Å². The third kappa shape index (κ3) is 15.6. The summed E-state index contributed by atoms with van der Waals surface area (Å²) in [7, 11) is -3.20. The molecule has 1 amide bonds. The van der Waals surface area contributed by atoms with Gasteiger partial charge in [0.1, 0.15) is 18.1 Å². The lowest BCUT2D eigenvalue weighted by atomic mass is 9.77. The molecule has 9 rings (SSSR count). The summed E-state index contributed by atoms with van der Waals surface area (Å²) in [5, 5.41) is 44.2. The topological polar surface area (TPSA) is 132 Å². The summed E-state index contributed by atoms with van der Waals surface area (Å²) in [6.45, 7) is 25.1. The molecule has 0 fully saturated rings. The van der Waals surface area contributed by atoms with Crippen LogP contribution in [0.25, 0.3) is 0 Å². The molecule has 448 valence electrons. The van der Waals surface area contributed by atoms with E-state index < -0.39 is 14.2 Å². The number of allylic oxidation sites excluding steroid dienone is 7. The molecule has 86 heavy (non-hydrogen) atoms. The SMILES string of the molecule is C=C(C)C(=O)NCCCN(Cc1ccc(CN(Cc2ccc(OC3=C(/C=C/C4=[N+](CCC)c5ccccc5C4(C)C)CCC/C3=C\C=C3\N(CCC)c4ccccc4C3(C)C)cc2)Cc2ccccc2B(O)O)cc1)Cc1ccccc1B(O)O.[I-]. The van der Waals surface area contributed by atoms with E-state index in [-0.39, 0.29) is 40.7 Å². The van der Waals surface area contributed by atoms with Gasteiger partial charge in [0.15, 0.2) is 5.71 Å². The van der Waals surface area contributed by atoms with Gasteiger partial charge < -0.3 is 59.0 Å². The Balaban J connectivity index is 0.00000961. The van der Waals surface area contributed by atoms with Crippen molar-refractivity contribution in [3.63, 3.8) is 0 Å². The van der Waals surface area contributed by atoms with Crippen molar-refractivity contribution in [1.82, 2.24) is 15.1 Å². The lowest BCUT2D eigenvalue weighted by molar-refractivity contribution is -0.437. The number of benzene rings is 6. The normalized spacial score (nSPS) is 16.1. The van der Waals surface area contributed by atoms with Crippen LogP contribution in [-0.2, 0) is 48.3 Å². The molecule has 14 heteroatoms. The van der Waals surface area contributed by atoms with Gasteiger partial charge in [-0.2, -0.15) is 4.58 Å². The Kier molecular flexibility index (Phi) is 22.7. The minimum Gasteiger partial charge on any atom is -1.00 e. The molecule has 0 aromatic heterocycles. The van der Waals surface area contributed by atoms with Crippen molar-refractivity contribution >= 4 is 48.2 Å². The number of carbonyl (C=O) groups is 1. The summed E-state index contributed by atoms with van der Waals surface area (Å²) in [6, 6.07) is 49.5. The highest BCUT2D eigenvalue weighted by Crippen LogP contribution is 2.48. The molecule has 0 atom stereocenters. The number of anilines is 1. The highest BCUT2D eigenvalue weighted by molar-refractivity contribution is 6.59. The van der Waals surface area contributed by atoms with E-state index in [9.17, 15) is 24.9 Å². The summed E-state index contributed by atoms with van der Waals surface area (Å²) in [6.07, 6.45) is 14.9. The second-order valence-electron chi connectivity index (χ2n) is 24.2. The van der Waals surface area contributed by atoms with Crippen LogP contribution >= 0.6 is 0 Å². The fourth-order valence-electron chi connectivity index (χ4n) is 12.6. The Morgan fingerprint density at radius 2 is 1.23 bits per heavy atom. The second-order valence-corrected chi connectivity index (χ2v) is 24.2. The molecule has 6 aromatic rings. The third-order valence-corrected chi connectivity index (χ3v) is 17.0. The number of para-hydroxylation sites is 2. The largest absolute Gasteiger partial charge is 1.00 e. The molecule has 11 nitrogen and oxygen atoms in total. The molecule has 6 aromatic carbocycles. The monoisotopic (exact) mass is 1270 g/mol. The van der Waals surface area contributed by atoms with Crippen molar-refractivity contribution < 1.29 is 58.2 Å². The van der Waals surface area contributed by atoms with Crippen molar-refractivity contribution in [3.05, 3.63) is 244 Å². The first-order valence-corrected chi connectivity index (χ1v) is 30.5. The highest BCUT2D eigenvalue weighted by Gasteiger charge is 2.44. The van der Waals surface area contributed by atoms with Crippen molar-refractivity contribution in [2.75, 3.05) is 31.1 Å². The van der Waals surface area contributed by atoms with Gasteiger partial charge >= 0.3 is 14.2 Å². The Labute approximate surface area is 529 Å². The number of hydrogen-bond donors (Lipinski definition) is 5. The van der Waals surface area contributed by atoms with Gasteiger partial charge in [-0.1, -0.05) is 162 Å². The number of ether oxygens (including phenoxy) is 1. The van der Waals surface area contributed by atoms with Crippen LogP contribution in [0.2, 0.25) is 0 Å². The molecule has 0 bridgehead atoms. The zero-order valence-corrected chi connectivity index (χ0v) is 53.6. The Morgan fingerprint density at radius 3 is 1.84 bits per heavy atom. The molecule has 2 aliphatic heterocycles. The number of halogens is 1. The molecule has 0 spiro atoms. The van der Waals surface area contributed by atoms with Gasteiger partial charge in [0.2, 0.25) is 11.6 Å². The van der Waals surface area contributed by atoms with E-state index in [1.54, 1.807) is 25.1 Å². The minimum atomic E-state index is -1.61. The van der Waals surface area contributed by atoms with Gasteiger partial charge in [-0.05, 0) is 139 Å². The molecular weight excluding hydrogens is 1180 g/mol. The van der Waals surface area contributed by atoms with E-state index in [4.69, 9.17) is 4.74 Å². The maximum Gasteiger partial charge on any atom is 0.488 e. The lowest BCUT2D eigenvalue weighted by Crippen LogP contribution is -3.00. The molecule has 0 saturated carbocycles. The summed E-state index contributed by atoms with van der Waals surface area (Å²) >= 11 is 0. The van der Waals surface area contributed by atoms with Crippen molar-refractivity contribution in [1.29, 1.82) is 0 Å². The number of hydrogen-bond acceptors (Lipinski definition) is 9. The number of amides is 1. The van der Waals surface area contributed by atoms with Gasteiger partial charge in [0.25, 0.3) is 0 Å². The Hall–Kier alpha value is -6.62. The van der Waals surface area contributed by atoms with Gasteiger partial charge in [0, 0.05) is 98.9 Å². The summed E-state index contributed by atoms with van der Waals surface area (Å²) < 4.78 is 9.70. The van der Waals surface area contributed by atoms with Crippen LogP contribution in [0.15, 0.2) is 205 Å². The lowest BCUT2D eigenvalue weighted by Gasteiger charge is -2.27. The number of nitrogens with one attached hydrogen (secondary N) is 1.